The van der Waals surface area contributed by atoms with E-state index in [4.69, 9.17) is 10.2 Å². The second-order valence-electron chi connectivity index (χ2n) is 6.35. The van der Waals surface area contributed by atoms with Gasteiger partial charge in [-0.15, -0.1) is 0 Å². The summed E-state index contributed by atoms with van der Waals surface area (Å²) in [5, 5.41) is 0.943. The minimum Gasteiger partial charge on any atom is -0.450 e. The highest BCUT2D eigenvalue weighted by Gasteiger charge is 2.31. The molecule has 23 heavy (non-hydrogen) atoms. The monoisotopic (exact) mass is 314 g/mol. The minimum absolute atomic E-state index is 0.0566. The Balaban J connectivity index is 2.01. The first-order chi connectivity index (χ1) is 11.0. The molecule has 0 unspecified atom stereocenters. The molecule has 2 N–H and O–H groups in total. The van der Waals surface area contributed by atoms with Gasteiger partial charge in [0.05, 0.1) is 0 Å². The van der Waals surface area contributed by atoms with E-state index in [2.05, 4.69) is 0 Å². The van der Waals surface area contributed by atoms with Crippen molar-refractivity contribution in [2.24, 2.45) is 5.73 Å². The van der Waals surface area contributed by atoms with Gasteiger partial charge in [-0.3, -0.25) is 9.59 Å². The van der Waals surface area contributed by atoms with Crippen LogP contribution in [-0.4, -0.2) is 29.3 Å². The third-order valence-electron chi connectivity index (χ3n) is 4.71. The molecule has 5 heteroatoms. The van der Waals surface area contributed by atoms with Crippen molar-refractivity contribution in [1.29, 1.82) is 0 Å². The Morgan fingerprint density at radius 1 is 1.26 bits per heavy atom. The van der Waals surface area contributed by atoms with Crippen LogP contribution >= 0.6 is 0 Å². The van der Waals surface area contributed by atoms with Gasteiger partial charge in [0.1, 0.15) is 12.1 Å². The van der Waals surface area contributed by atoms with E-state index in [9.17, 15) is 9.59 Å². The van der Waals surface area contributed by atoms with Gasteiger partial charge in [-0.2, -0.15) is 0 Å². The van der Waals surface area contributed by atoms with Gasteiger partial charge in [-0.25, -0.2) is 0 Å². The van der Waals surface area contributed by atoms with Crippen LogP contribution in [0.15, 0.2) is 22.6 Å². The van der Waals surface area contributed by atoms with Crippen LogP contribution in [-0.2, 0) is 4.79 Å². The number of rotatable bonds is 4. The summed E-state index contributed by atoms with van der Waals surface area (Å²) in [5.41, 5.74) is 7.90. The number of carbonyl (C=O) groups excluding carboxylic acids is 2. The second-order valence-corrected chi connectivity index (χ2v) is 6.35. The number of nitrogens with two attached hydrogens (primary N) is 1. The lowest BCUT2D eigenvalue weighted by Crippen LogP contribution is -2.44. The van der Waals surface area contributed by atoms with E-state index in [0.29, 0.717) is 5.76 Å². The van der Waals surface area contributed by atoms with E-state index in [0.717, 1.165) is 47.8 Å². The molecule has 1 heterocycles. The lowest BCUT2D eigenvalue weighted by molar-refractivity contribution is -0.119. The molecular weight excluding hydrogens is 292 g/mol. The third-order valence-corrected chi connectivity index (χ3v) is 4.71. The van der Waals surface area contributed by atoms with Gasteiger partial charge in [-0.05, 0) is 32.3 Å². The molecule has 1 saturated carbocycles. The van der Waals surface area contributed by atoms with Crippen molar-refractivity contribution in [2.75, 3.05) is 6.54 Å². The standard InChI is InChI=1S/C18H22N2O3/c1-11-6-5-9-14-12(2)17(23-16(11)14)18(22)20(10-15(19)21)13-7-3-4-8-13/h5-6,9,13H,3-4,7-8,10H2,1-2H3,(H2,19,21). The zero-order valence-electron chi connectivity index (χ0n) is 13.6. The largest absolute Gasteiger partial charge is 0.450 e. The molecular formula is C18H22N2O3. The molecule has 0 spiro atoms. The highest BCUT2D eigenvalue weighted by molar-refractivity contribution is 6.00. The summed E-state index contributed by atoms with van der Waals surface area (Å²) < 4.78 is 5.87. The number of nitrogens with zero attached hydrogens (tertiary/aromatic N) is 1. The van der Waals surface area contributed by atoms with Crippen LogP contribution in [0.1, 0.15) is 47.4 Å². The Labute approximate surface area is 135 Å². The molecule has 1 aromatic carbocycles. The molecule has 1 aromatic heterocycles. The van der Waals surface area contributed by atoms with Crippen molar-refractivity contribution in [2.45, 2.75) is 45.6 Å². The first-order valence-corrected chi connectivity index (χ1v) is 8.07. The minimum atomic E-state index is -0.491. The maximum Gasteiger partial charge on any atom is 0.290 e. The molecule has 2 amide bonds. The van der Waals surface area contributed by atoms with E-state index in [-0.39, 0.29) is 18.5 Å². The number of furan rings is 1. The average Bonchev–Trinajstić information content (AvgIpc) is 3.14. The molecule has 0 bridgehead atoms. The Kier molecular flexibility index (Phi) is 4.11. The summed E-state index contributed by atoms with van der Waals surface area (Å²) >= 11 is 0. The maximum atomic E-state index is 13.0. The fraction of sp³-hybridized carbons (Fsp3) is 0.444. The number of hydrogen-bond donors (Lipinski definition) is 1. The summed E-state index contributed by atoms with van der Waals surface area (Å²) in [6.45, 7) is 3.78. The van der Waals surface area contributed by atoms with Gasteiger partial charge in [-0.1, -0.05) is 31.0 Å². The zero-order valence-corrected chi connectivity index (χ0v) is 13.6. The van der Waals surface area contributed by atoms with Gasteiger partial charge in [0, 0.05) is 17.0 Å². The van der Waals surface area contributed by atoms with Crippen LogP contribution < -0.4 is 5.73 Å². The fourth-order valence-corrected chi connectivity index (χ4v) is 3.47. The number of carbonyl (C=O) groups is 2. The number of aryl methyl sites for hydroxylation is 2. The van der Waals surface area contributed by atoms with Crippen molar-refractivity contribution in [3.05, 3.63) is 35.1 Å². The van der Waals surface area contributed by atoms with Gasteiger partial charge in [0.2, 0.25) is 5.91 Å². The highest BCUT2D eigenvalue weighted by atomic mass is 16.3. The van der Waals surface area contributed by atoms with E-state index < -0.39 is 5.91 Å². The van der Waals surface area contributed by atoms with Crippen molar-refractivity contribution in [3.63, 3.8) is 0 Å². The second kappa shape index (κ2) is 6.07. The quantitative estimate of drug-likeness (QED) is 0.942. The van der Waals surface area contributed by atoms with Crippen molar-refractivity contribution in [1.82, 2.24) is 4.90 Å². The number of fused-ring (bicyclic) bond motifs is 1. The average molecular weight is 314 g/mol. The molecule has 0 radical (unpaired) electrons. The summed E-state index contributed by atoms with van der Waals surface area (Å²) in [6.07, 6.45) is 3.98. The lowest BCUT2D eigenvalue weighted by Gasteiger charge is -2.27. The first kappa shape index (κ1) is 15.6. The normalized spacial score (nSPS) is 15.2. The van der Waals surface area contributed by atoms with E-state index in [1.54, 1.807) is 4.90 Å². The molecule has 5 nitrogen and oxygen atoms in total. The number of primary amides is 1. The van der Waals surface area contributed by atoms with E-state index in [1.165, 1.54) is 0 Å². The summed E-state index contributed by atoms with van der Waals surface area (Å²) in [4.78, 5) is 26.0. The lowest BCUT2D eigenvalue weighted by atomic mass is 10.1. The number of hydrogen-bond acceptors (Lipinski definition) is 3. The molecule has 1 fully saturated rings. The molecule has 0 aliphatic heterocycles. The van der Waals surface area contributed by atoms with Gasteiger partial charge in [0.15, 0.2) is 5.76 Å². The fourth-order valence-electron chi connectivity index (χ4n) is 3.47. The molecule has 2 aromatic rings. The Morgan fingerprint density at radius 3 is 2.57 bits per heavy atom. The predicted molar refractivity (Wildman–Crippen MR) is 88.2 cm³/mol. The first-order valence-electron chi connectivity index (χ1n) is 8.07. The van der Waals surface area contributed by atoms with Crippen molar-refractivity contribution in [3.8, 4) is 0 Å². The topological polar surface area (TPSA) is 76.5 Å². The Hall–Kier alpha value is -2.30. The SMILES string of the molecule is Cc1c(C(=O)N(CC(N)=O)C2CCCC2)oc2c(C)cccc12. The Morgan fingerprint density at radius 2 is 1.96 bits per heavy atom. The number of benzene rings is 1. The van der Waals surface area contributed by atoms with Gasteiger partial charge < -0.3 is 15.1 Å². The maximum absolute atomic E-state index is 13.0. The molecule has 1 aliphatic rings. The van der Waals surface area contributed by atoms with E-state index in [1.807, 2.05) is 32.0 Å². The molecule has 3 rings (SSSR count). The van der Waals surface area contributed by atoms with Crippen molar-refractivity contribution < 1.29 is 14.0 Å². The van der Waals surface area contributed by atoms with Crippen LogP contribution in [0.3, 0.4) is 0 Å². The van der Waals surface area contributed by atoms with Crippen LogP contribution in [0.2, 0.25) is 0 Å². The number of para-hydroxylation sites is 1. The molecule has 1 aliphatic carbocycles. The van der Waals surface area contributed by atoms with Crippen LogP contribution in [0.4, 0.5) is 0 Å². The van der Waals surface area contributed by atoms with Crippen LogP contribution in [0, 0.1) is 13.8 Å². The summed E-state index contributed by atoms with van der Waals surface area (Å²) in [7, 11) is 0. The Bertz CT molecular complexity index is 757. The highest BCUT2D eigenvalue weighted by Crippen LogP contribution is 2.31. The third kappa shape index (κ3) is 2.83. The molecule has 0 atom stereocenters. The van der Waals surface area contributed by atoms with E-state index >= 15 is 0 Å². The van der Waals surface area contributed by atoms with Crippen LogP contribution in [0.25, 0.3) is 11.0 Å². The van der Waals surface area contributed by atoms with Crippen LogP contribution in [0.5, 0.6) is 0 Å². The zero-order chi connectivity index (χ0) is 16.6. The number of amides is 2. The smallest absolute Gasteiger partial charge is 0.290 e. The summed E-state index contributed by atoms with van der Waals surface area (Å²) in [5.74, 6) is -0.401. The van der Waals surface area contributed by atoms with Crippen molar-refractivity contribution >= 4 is 22.8 Å². The molecule has 122 valence electrons. The molecule has 0 saturated heterocycles. The summed E-state index contributed by atoms with van der Waals surface area (Å²) in [6, 6.07) is 5.93. The van der Waals surface area contributed by atoms with Gasteiger partial charge in [0.25, 0.3) is 5.91 Å². The van der Waals surface area contributed by atoms with Gasteiger partial charge >= 0.3 is 0 Å². The predicted octanol–water partition coefficient (Wildman–Crippen LogP) is 2.92.